The highest BCUT2D eigenvalue weighted by Gasteiger charge is 2.26. The van der Waals surface area contributed by atoms with Gasteiger partial charge in [0.15, 0.2) is 5.70 Å². The molecule has 0 spiro atoms. The number of esters is 1. The minimum Gasteiger partial charge on any atom is -0.494 e. The van der Waals surface area contributed by atoms with Crippen molar-refractivity contribution < 1.29 is 23.0 Å². The molecule has 0 radical (unpaired) electrons. The van der Waals surface area contributed by atoms with Gasteiger partial charge in [-0.1, -0.05) is 12.1 Å². The molecular formula is C18H13F2NO3. The van der Waals surface area contributed by atoms with Gasteiger partial charge in [-0.05, 0) is 42.8 Å². The molecule has 1 heterocycles. The van der Waals surface area contributed by atoms with E-state index in [9.17, 15) is 13.6 Å². The van der Waals surface area contributed by atoms with Crippen LogP contribution in [-0.2, 0) is 9.53 Å². The molecule has 0 aliphatic carbocycles. The predicted molar refractivity (Wildman–Crippen MR) is 84.6 cm³/mol. The van der Waals surface area contributed by atoms with Crippen molar-refractivity contribution in [2.24, 2.45) is 4.99 Å². The van der Waals surface area contributed by atoms with Gasteiger partial charge in [0.1, 0.15) is 17.4 Å². The van der Waals surface area contributed by atoms with E-state index in [1.807, 2.05) is 6.92 Å². The van der Waals surface area contributed by atoms with Crippen molar-refractivity contribution in [1.29, 1.82) is 0 Å². The van der Waals surface area contributed by atoms with Crippen molar-refractivity contribution in [3.63, 3.8) is 0 Å². The number of halogens is 2. The summed E-state index contributed by atoms with van der Waals surface area (Å²) in [4.78, 5) is 15.9. The first-order chi connectivity index (χ1) is 11.6. The first kappa shape index (κ1) is 15.9. The molecule has 0 unspecified atom stereocenters. The fourth-order valence-corrected chi connectivity index (χ4v) is 2.17. The molecule has 122 valence electrons. The molecule has 4 nitrogen and oxygen atoms in total. The quantitative estimate of drug-likeness (QED) is 0.635. The Morgan fingerprint density at radius 3 is 2.58 bits per heavy atom. The van der Waals surface area contributed by atoms with Crippen LogP contribution in [0.15, 0.2) is 53.2 Å². The Balaban J connectivity index is 1.88. The standard InChI is InChI=1S/C18H13F2NO3/c1-2-23-13-6-3-11(4-7-13)9-16-18(22)24-17(21-16)14-8-5-12(19)10-15(14)20/h3-10H,2H2,1H3. The first-order valence-electron chi connectivity index (χ1n) is 7.27. The summed E-state index contributed by atoms with van der Waals surface area (Å²) in [7, 11) is 0. The summed E-state index contributed by atoms with van der Waals surface area (Å²) < 4.78 is 37.0. The fourth-order valence-electron chi connectivity index (χ4n) is 2.17. The summed E-state index contributed by atoms with van der Waals surface area (Å²) in [6.07, 6.45) is 1.52. The SMILES string of the molecule is CCOc1ccc(C=C2N=C(c3ccc(F)cc3F)OC2=O)cc1. The lowest BCUT2D eigenvalue weighted by molar-refractivity contribution is -0.129. The Kier molecular flexibility index (Phi) is 4.37. The van der Waals surface area contributed by atoms with Gasteiger partial charge in [0.25, 0.3) is 0 Å². The zero-order chi connectivity index (χ0) is 17.1. The molecule has 2 aromatic carbocycles. The number of aliphatic imine (C=N–C) groups is 1. The van der Waals surface area contributed by atoms with Crippen LogP contribution in [0.3, 0.4) is 0 Å². The Morgan fingerprint density at radius 1 is 1.17 bits per heavy atom. The maximum Gasteiger partial charge on any atom is 0.363 e. The molecule has 0 bridgehead atoms. The van der Waals surface area contributed by atoms with E-state index >= 15 is 0 Å². The number of carbonyl (C=O) groups excluding carboxylic acids is 1. The second-order valence-corrected chi connectivity index (χ2v) is 4.96. The molecular weight excluding hydrogens is 316 g/mol. The first-order valence-corrected chi connectivity index (χ1v) is 7.27. The summed E-state index contributed by atoms with van der Waals surface area (Å²) in [6, 6.07) is 10.0. The molecule has 0 N–H and O–H groups in total. The van der Waals surface area contributed by atoms with Crippen molar-refractivity contribution in [3.05, 3.63) is 70.9 Å². The lowest BCUT2D eigenvalue weighted by atomic mass is 10.2. The zero-order valence-electron chi connectivity index (χ0n) is 12.8. The largest absolute Gasteiger partial charge is 0.494 e. The van der Waals surface area contributed by atoms with E-state index in [2.05, 4.69) is 4.99 Å². The Bertz CT molecular complexity index is 842. The van der Waals surface area contributed by atoms with Crippen LogP contribution in [0.5, 0.6) is 5.75 Å². The van der Waals surface area contributed by atoms with Crippen molar-refractivity contribution in [3.8, 4) is 5.75 Å². The van der Waals surface area contributed by atoms with Crippen molar-refractivity contribution in [2.45, 2.75) is 6.92 Å². The van der Waals surface area contributed by atoms with Crippen molar-refractivity contribution in [2.75, 3.05) is 6.61 Å². The summed E-state index contributed by atoms with van der Waals surface area (Å²) >= 11 is 0. The highest BCUT2D eigenvalue weighted by molar-refractivity contribution is 6.12. The highest BCUT2D eigenvalue weighted by Crippen LogP contribution is 2.22. The maximum atomic E-state index is 13.8. The van der Waals surface area contributed by atoms with Gasteiger partial charge in [-0.2, -0.15) is 0 Å². The number of cyclic esters (lactones) is 1. The van der Waals surface area contributed by atoms with Gasteiger partial charge in [0, 0.05) is 6.07 Å². The van der Waals surface area contributed by atoms with E-state index in [4.69, 9.17) is 9.47 Å². The van der Waals surface area contributed by atoms with Crippen LogP contribution < -0.4 is 4.74 Å². The van der Waals surface area contributed by atoms with E-state index in [1.54, 1.807) is 24.3 Å². The molecule has 6 heteroatoms. The van der Waals surface area contributed by atoms with Crippen LogP contribution in [0.2, 0.25) is 0 Å². The molecule has 0 fully saturated rings. The Hall–Kier alpha value is -3.02. The molecule has 24 heavy (non-hydrogen) atoms. The van der Waals surface area contributed by atoms with Gasteiger partial charge < -0.3 is 9.47 Å². The van der Waals surface area contributed by atoms with Gasteiger partial charge in [0.2, 0.25) is 5.90 Å². The van der Waals surface area contributed by atoms with Gasteiger partial charge in [-0.15, -0.1) is 0 Å². The maximum absolute atomic E-state index is 13.8. The number of ether oxygens (including phenoxy) is 2. The monoisotopic (exact) mass is 329 g/mol. The summed E-state index contributed by atoms with van der Waals surface area (Å²) in [5, 5.41) is 0. The van der Waals surface area contributed by atoms with Gasteiger partial charge in [-0.25, -0.2) is 18.6 Å². The predicted octanol–water partition coefficient (Wildman–Crippen LogP) is 3.71. The van der Waals surface area contributed by atoms with Gasteiger partial charge >= 0.3 is 5.97 Å². The second-order valence-electron chi connectivity index (χ2n) is 4.96. The average Bonchev–Trinajstić information content (AvgIpc) is 2.90. The third kappa shape index (κ3) is 3.32. The number of benzene rings is 2. The molecule has 3 rings (SSSR count). The molecule has 0 amide bonds. The molecule has 1 aliphatic rings. The van der Waals surface area contributed by atoms with Crippen LogP contribution in [0, 0.1) is 11.6 Å². The number of rotatable bonds is 4. The summed E-state index contributed by atoms with van der Waals surface area (Å²) in [6.45, 7) is 2.44. The molecule has 0 aromatic heterocycles. The summed E-state index contributed by atoms with van der Waals surface area (Å²) in [5.74, 6) is -1.72. The smallest absolute Gasteiger partial charge is 0.363 e. The van der Waals surface area contributed by atoms with Crippen LogP contribution in [0.1, 0.15) is 18.1 Å². The second kappa shape index (κ2) is 6.62. The fraction of sp³-hybridized carbons (Fsp3) is 0.111. The number of nitrogens with zero attached hydrogens (tertiary/aromatic N) is 1. The summed E-state index contributed by atoms with van der Waals surface area (Å²) in [5.41, 5.74) is 0.688. The van der Waals surface area contributed by atoms with E-state index in [1.165, 1.54) is 12.1 Å². The number of hydrogen-bond donors (Lipinski definition) is 0. The van der Waals surface area contributed by atoms with Crippen LogP contribution in [-0.4, -0.2) is 18.5 Å². The third-order valence-electron chi connectivity index (χ3n) is 3.28. The van der Waals surface area contributed by atoms with E-state index in [0.717, 1.165) is 11.6 Å². The Labute approximate surface area is 137 Å². The molecule has 1 aliphatic heterocycles. The highest BCUT2D eigenvalue weighted by atomic mass is 19.1. The van der Waals surface area contributed by atoms with Crippen LogP contribution >= 0.6 is 0 Å². The Morgan fingerprint density at radius 2 is 1.92 bits per heavy atom. The molecule has 2 aromatic rings. The van der Waals surface area contributed by atoms with Crippen molar-refractivity contribution in [1.82, 2.24) is 0 Å². The average molecular weight is 329 g/mol. The number of carbonyl (C=O) groups is 1. The van der Waals surface area contributed by atoms with E-state index in [0.29, 0.717) is 18.4 Å². The van der Waals surface area contributed by atoms with E-state index < -0.39 is 17.6 Å². The normalized spacial score (nSPS) is 15.4. The number of hydrogen-bond acceptors (Lipinski definition) is 4. The topological polar surface area (TPSA) is 47.9 Å². The van der Waals surface area contributed by atoms with E-state index in [-0.39, 0.29) is 17.2 Å². The molecule has 0 saturated carbocycles. The molecule has 0 atom stereocenters. The van der Waals surface area contributed by atoms with Gasteiger partial charge in [-0.3, -0.25) is 0 Å². The van der Waals surface area contributed by atoms with Crippen LogP contribution in [0.4, 0.5) is 8.78 Å². The third-order valence-corrected chi connectivity index (χ3v) is 3.28. The molecule has 0 saturated heterocycles. The minimum atomic E-state index is -0.844. The lowest BCUT2D eigenvalue weighted by Crippen LogP contribution is -2.07. The minimum absolute atomic E-state index is 0.0397. The lowest BCUT2D eigenvalue weighted by Gasteiger charge is -2.02. The van der Waals surface area contributed by atoms with Gasteiger partial charge in [0.05, 0.1) is 12.2 Å². The van der Waals surface area contributed by atoms with Crippen LogP contribution in [0.25, 0.3) is 6.08 Å². The zero-order valence-corrected chi connectivity index (χ0v) is 12.8. The van der Waals surface area contributed by atoms with Crippen molar-refractivity contribution >= 4 is 17.9 Å².